The van der Waals surface area contributed by atoms with E-state index in [1.807, 2.05) is 30.3 Å². The fourth-order valence-electron chi connectivity index (χ4n) is 5.85. The fourth-order valence-corrected chi connectivity index (χ4v) is 5.85. The highest BCUT2D eigenvalue weighted by Crippen LogP contribution is 2.21. The van der Waals surface area contributed by atoms with Gasteiger partial charge in [0.05, 0.1) is 6.04 Å². The molecule has 218 valence electrons. The average molecular weight is 565 g/mol. The first-order chi connectivity index (χ1) is 20.4. The third-order valence-corrected chi connectivity index (χ3v) is 8.35. The minimum absolute atomic E-state index is 0.0722. The van der Waals surface area contributed by atoms with Crippen LogP contribution in [0.15, 0.2) is 84.9 Å². The lowest BCUT2D eigenvalue weighted by atomic mass is 9.95. The smallest absolute Gasteiger partial charge is 0.245 e. The van der Waals surface area contributed by atoms with Crippen LogP contribution in [-0.4, -0.2) is 61.4 Å². The molecule has 4 aromatic rings. The van der Waals surface area contributed by atoms with Gasteiger partial charge in [0.25, 0.3) is 0 Å². The predicted octanol–water partition coefficient (Wildman–Crippen LogP) is 4.23. The zero-order valence-electron chi connectivity index (χ0n) is 24.4. The van der Waals surface area contributed by atoms with E-state index < -0.39 is 6.04 Å². The number of rotatable bonds is 10. The summed E-state index contributed by atoms with van der Waals surface area (Å²) in [7, 11) is 1.78. The van der Waals surface area contributed by atoms with Gasteiger partial charge in [-0.05, 0) is 65.0 Å². The second-order valence-electron chi connectivity index (χ2n) is 11.4. The Morgan fingerprint density at radius 1 is 0.810 bits per heavy atom. The normalized spacial score (nSPS) is 15.2. The quantitative estimate of drug-likeness (QED) is 0.269. The summed E-state index contributed by atoms with van der Waals surface area (Å²) in [6, 6.07) is 27.8. The number of nitrogens with zero attached hydrogens (tertiary/aromatic N) is 1. The third-order valence-electron chi connectivity index (χ3n) is 8.35. The number of piperidine rings is 1. The van der Waals surface area contributed by atoms with Crippen LogP contribution in [0.5, 0.6) is 0 Å². The Bertz CT molecular complexity index is 1560. The van der Waals surface area contributed by atoms with Gasteiger partial charge in [-0.15, -0.1) is 0 Å². The Balaban J connectivity index is 1.40. The van der Waals surface area contributed by atoms with Gasteiger partial charge in [0, 0.05) is 32.9 Å². The van der Waals surface area contributed by atoms with Crippen molar-refractivity contribution in [3.63, 3.8) is 0 Å². The number of hydrogen-bond donors (Lipinski definition) is 3. The minimum Gasteiger partial charge on any atom is -0.354 e. The molecule has 3 amide bonds. The lowest BCUT2D eigenvalue weighted by Gasteiger charge is -2.33. The molecule has 0 saturated carbocycles. The molecule has 7 nitrogen and oxygen atoms in total. The summed E-state index contributed by atoms with van der Waals surface area (Å²) in [6.45, 7) is 3.39. The maximum Gasteiger partial charge on any atom is 0.245 e. The van der Waals surface area contributed by atoms with Crippen LogP contribution in [0.2, 0.25) is 0 Å². The summed E-state index contributed by atoms with van der Waals surface area (Å²) in [4.78, 5) is 41.2. The Labute approximate surface area is 247 Å². The summed E-state index contributed by atoms with van der Waals surface area (Å²) in [5.74, 6) is -0.499. The van der Waals surface area contributed by atoms with E-state index in [4.69, 9.17) is 0 Å². The molecule has 7 heteroatoms. The molecule has 0 bridgehead atoms. The van der Waals surface area contributed by atoms with Gasteiger partial charge in [0.2, 0.25) is 17.7 Å². The first-order valence-corrected chi connectivity index (χ1v) is 14.8. The minimum atomic E-state index is -0.727. The molecule has 0 radical (unpaired) electrons. The number of benzene rings is 4. The van der Waals surface area contributed by atoms with Gasteiger partial charge in [-0.3, -0.25) is 14.4 Å². The lowest BCUT2D eigenvalue weighted by Crippen LogP contribution is -2.55. The third kappa shape index (κ3) is 7.34. The highest BCUT2D eigenvalue weighted by atomic mass is 16.2. The van der Waals surface area contributed by atoms with Crippen LogP contribution < -0.4 is 16.0 Å². The van der Waals surface area contributed by atoms with E-state index in [1.165, 1.54) is 6.92 Å². The number of hydrogen-bond acceptors (Lipinski definition) is 4. The molecule has 4 aromatic carbocycles. The van der Waals surface area contributed by atoms with Crippen LogP contribution in [0, 0.1) is 5.92 Å². The molecule has 1 aliphatic heterocycles. The molecular formula is C35H40N4O3. The van der Waals surface area contributed by atoms with Crippen LogP contribution in [0.1, 0.15) is 30.9 Å². The van der Waals surface area contributed by atoms with Crippen molar-refractivity contribution in [3.8, 4) is 0 Å². The number of fused-ring (bicyclic) bond motifs is 2. The van der Waals surface area contributed by atoms with Crippen molar-refractivity contribution in [2.45, 2.75) is 44.7 Å². The van der Waals surface area contributed by atoms with Crippen molar-refractivity contribution in [1.82, 2.24) is 20.9 Å². The van der Waals surface area contributed by atoms with Gasteiger partial charge in [-0.25, -0.2) is 0 Å². The molecule has 1 fully saturated rings. The SMILES string of the molecule is CC(=O)NC[C@@H](Cc1ccc2ccccc2c1)N(C)C(=O)C(Cc1ccc2ccccc2c1)NC(=O)C1CCNCC1. The van der Waals surface area contributed by atoms with Gasteiger partial charge < -0.3 is 20.9 Å². The molecule has 0 spiro atoms. The van der Waals surface area contributed by atoms with Gasteiger partial charge in [0.1, 0.15) is 6.04 Å². The van der Waals surface area contributed by atoms with Gasteiger partial charge >= 0.3 is 0 Å². The second kappa shape index (κ2) is 13.6. The molecule has 1 saturated heterocycles. The number of amides is 3. The highest BCUT2D eigenvalue weighted by Gasteiger charge is 2.31. The molecule has 0 aliphatic carbocycles. The maximum atomic E-state index is 14.2. The Hall–Kier alpha value is -4.23. The fraction of sp³-hybridized carbons (Fsp3) is 0.343. The summed E-state index contributed by atoms with van der Waals surface area (Å²) in [5.41, 5.74) is 2.06. The number of nitrogens with one attached hydrogen (secondary N) is 3. The molecular weight excluding hydrogens is 524 g/mol. The summed E-state index contributed by atoms with van der Waals surface area (Å²) in [5, 5.41) is 13.9. The van der Waals surface area contributed by atoms with Gasteiger partial charge in [-0.2, -0.15) is 0 Å². The van der Waals surface area contributed by atoms with Crippen molar-refractivity contribution in [2.24, 2.45) is 5.92 Å². The lowest BCUT2D eigenvalue weighted by molar-refractivity contribution is -0.138. The van der Waals surface area contributed by atoms with Crippen LogP contribution in [-0.2, 0) is 27.2 Å². The van der Waals surface area contributed by atoms with Crippen LogP contribution in [0.3, 0.4) is 0 Å². The Morgan fingerprint density at radius 3 is 1.93 bits per heavy atom. The maximum absolute atomic E-state index is 14.2. The van der Waals surface area contributed by atoms with Crippen LogP contribution in [0.4, 0.5) is 0 Å². The molecule has 1 aliphatic rings. The number of carbonyl (C=O) groups excluding carboxylic acids is 3. The summed E-state index contributed by atoms with van der Waals surface area (Å²) >= 11 is 0. The zero-order valence-corrected chi connectivity index (χ0v) is 24.4. The average Bonchev–Trinajstić information content (AvgIpc) is 3.02. The second-order valence-corrected chi connectivity index (χ2v) is 11.4. The van der Waals surface area contributed by atoms with Crippen LogP contribution in [0.25, 0.3) is 21.5 Å². The molecule has 0 aromatic heterocycles. The van der Waals surface area contributed by atoms with Crippen molar-refractivity contribution in [2.75, 3.05) is 26.7 Å². The van der Waals surface area contributed by atoms with Crippen molar-refractivity contribution < 1.29 is 14.4 Å². The van der Waals surface area contributed by atoms with Crippen molar-refractivity contribution >= 4 is 39.3 Å². The monoisotopic (exact) mass is 564 g/mol. The zero-order chi connectivity index (χ0) is 29.5. The molecule has 5 rings (SSSR count). The van der Waals surface area contributed by atoms with E-state index in [2.05, 4.69) is 70.5 Å². The highest BCUT2D eigenvalue weighted by molar-refractivity contribution is 5.89. The Kier molecular flexibility index (Phi) is 9.49. The van der Waals surface area contributed by atoms with Crippen molar-refractivity contribution in [1.29, 1.82) is 0 Å². The summed E-state index contributed by atoms with van der Waals surface area (Å²) < 4.78 is 0. The van der Waals surface area contributed by atoms with Gasteiger partial charge in [-0.1, -0.05) is 84.9 Å². The molecule has 2 atom stereocenters. The number of carbonyl (C=O) groups is 3. The van der Waals surface area contributed by atoms with E-state index in [-0.39, 0.29) is 29.7 Å². The summed E-state index contributed by atoms with van der Waals surface area (Å²) in [6.07, 6.45) is 2.46. The Morgan fingerprint density at radius 2 is 1.36 bits per heavy atom. The molecule has 3 N–H and O–H groups in total. The standard InChI is InChI=1S/C35H40N4O3/c1-24(40)37-23-32(21-25-11-13-27-7-3-5-9-30(27)19-25)39(2)35(42)33(38-34(41)29-15-17-36-18-16-29)22-26-12-14-28-8-4-6-10-31(28)20-26/h3-14,19-20,29,32-33,36H,15-18,21-23H2,1-2H3,(H,37,40)(H,38,41)/t32-,33?/m1/s1. The van der Waals surface area contributed by atoms with E-state index in [9.17, 15) is 14.4 Å². The largest absolute Gasteiger partial charge is 0.354 e. The molecule has 1 heterocycles. The number of likely N-dealkylation sites (N-methyl/N-ethyl adjacent to an activating group) is 1. The first-order valence-electron chi connectivity index (χ1n) is 14.8. The molecule has 1 unspecified atom stereocenters. The topological polar surface area (TPSA) is 90.5 Å². The van der Waals surface area contributed by atoms with E-state index in [1.54, 1.807) is 11.9 Å². The van der Waals surface area contributed by atoms with Crippen LogP contribution >= 0.6 is 0 Å². The van der Waals surface area contributed by atoms with Gasteiger partial charge in [0.15, 0.2) is 0 Å². The predicted molar refractivity (Wildman–Crippen MR) is 168 cm³/mol. The molecule has 42 heavy (non-hydrogen) atoms. The van der Waals surface area contributed by atoms with E-state index >= 15 is 0 Å². The first kappa shape index (κ1) is 29.3. The van der Waals surface area contributed by atoms with E-state index in [0.717, 1.165) is 58.6 Å². The van der Waals surface area contributed by atoms with Crippen molar-refractivity contribution in [3.05, 3.63) is 96.1 Å². The van der Waals surface area contributed by atoms with E-state index in [0.29, 0.717) is 19.4 Å².